The van der Waals surface area contributed by atoms with Gasteiger partial charge in [-0.15, -0.1) is 0 Å². The van der Waals surface area contributed by atoms with E-state index in [1.165, 1.54) is 24.9 Å². The van der Waals surface area contributed by atoms with Crippen molar-refractivity contribution in [3.8, 4) is 0 Å². The van der Waals surface area contributed by atoms with Crippen LogP contribution in [0.25, 0.3) is 0 Å². The van der Waals surface area contributed by atoms with Crippen LogP contribution >= 0.6 is 0 Å². The molecule has 1 aliphatic carbocycles. The highest BCUT2D eigenvalue weighted by atomic mass is 16.2. The number of likely N-dealkylation sites (tertiary alicyclic amines) is 1. The molecule has 1 aromatic carbocycles. The van der Waals surface area contributed by atoms with E-state index in [0.717, 1.165) is 50.5 Å². The van der Waals surface area contributed by atoms with Gasteiger partial charge in [-0.1, -0.05) is 18.2 Å². The molecule has 4 rings (SSSR count). The Balaban J connectivity index is 1.38. The van der Waals surface area contributed by atoms with Gasteiger partial charge in [0, 0.05) is 24.7 Å². The Morgan fingerprint density at radius 3 is 2.57 bits per heavy atom. The number of carbonyl (C=O) groups is 1. The zero-order valence-corrected chi connectivity index (χ0v) is 12.6. The third-order valence-corrected chi connectivity index (χ3v) is 5.30. The van der Waals surface area contributed by atoms with Crippen molar-refractivity contribution in [2.45, 2.75) is 32.1 Å². The molecule has 0 bridgehead atoms. The molecule has 3 heteroatoms. The van der Waals surface area contributed by atoms with Crippen LogP contribution < -0.4 is 4.90 Å². The second kappa shape index (κ2) is 5.45. The van der Waals surface area contributed by atoms with Gasteiger partial charge in [0.15, 0.2) is 0 Å². The van der Waals surface area contributed by atoms with Crippen LogP contribution in [0.4, 0.5) is 5.69 Å². The minimum Gasteiger partial charge on any atom is -0.312 e. The van der Waals surface area contributed by atoms with E-state index in [-0.39, 0.29) is 5.92 Å². The normalized spacial score (nSPS) is 23.3. The molecule has 2 heterocycles. The average molecular weight is 284 g/mol. The lowest BCUT2D eigenvalue weighted by Crippen LogP contribution is -2.42. The molecule has 1 amide bonds. The van der Waals surface area contributed by atoms with Gasteiger partial charge in [0.1, 0.15) is 0 Å². The summed E-state index contributed by atoms with van der Waals surface area (Å²) < 4.78 is 0. The molecule has 2 fully saturated rings. The minimum absolute atomic E-state index is 0.242. The first kappa shape index (κ1) is 13.3. The summed E-state index contributed by atoms with van der Waals surface area (Å²) in [5.41, 5.74) is 2.49. The molecule has 1 saturated carbocycles. The number of amides is 1. The largest absolute Gasteiger partial charge is 0.312 e. The maximum Gasteiger partial charge on any atom is 0.230 e. The molecule has 1 saturated heterocycles. The maximum atomic E-state index is 12.8. The molecule has 0 radical (unpaired) electrons. The Morgan fingerprint density at radius 2 is 1.81 bits per heavy atom. The van der Waals surface area contributed by atoms with E-state index < -0.39 is 0 Å². The number of para-hydroxylation sites is 1. The molecule has 0 N–H and O–H groups in total. The number of nitrogens with zero attached hydrogens (tertiary/aromatic N) is 2. The zero-order chi connectivity index (χ0) is 14.2. The molecule has 21 heavy (non-hydrogen) atoms. The predicted octanol–water partition coefficient (Wildman–Crippen LogP) is 2.70. The zero-order valence-electron chi connectivity index (χ0n) is 12.6. The summed E-state index contributed by atoms with van der Waals surface area (Å²) in [4.78, 5) is 17.4. The first-order valence-electron chi connectivity index (χ1n) is 8.43. The van der Waals surface area contributed by atoms with Crippen LogP contribution in [0, 0.1) is 11.8 Å². The highest BCUT2D eigenvalue weighted by Gasteiger charge is 2.33. The number of piperidine rings is 1. The summed E-state index contributed by atoms with van der Waals surface area (Å²) in [5.74, 6) is 1.57. The Kier molecular flexibility index (Phi) is 3.46. The second-order valence-electron chi connectivity index (χ2n) is 6.89. The first-order valence-corrected chi connectivity index (χ1v) is 8.43. The van der Waals surface area contributed by atoms with Gasteiger partial charge in [-0.3, -0.25) is 4.79 Å². The SMILES string of the molecule is O=C(C1CCN(CC2CC2)CC1)N1CCc2ccccc21. The van der Waals surface area contributed by atoms with Crippen LogP contribution in [-0.2, 0) is 11.2 Å². The number of anilines is 1. The first-order chi connectivity index (χ1) is 10.3. The van der Waals surface area contributed by atoms with Gasteiger partial charge in [-0.2, -0.15) is 0 Å². The molecule has 0 unspecified atom stereocenters. The van der Waals surface area contributed by atoms with Crippen molar-refractivity contribution < 1.29 is 4.79 Å². The Morgan fingerprint density at radius 1 is 1.05 bits per heavy atom. The highest BCUT2D eigenvalue weighted by molar-refractivity contribution is 5.97. The monoisotopic (exact) mass is 284 g/mol. The lowest BCUT2D eigenvalue weighted by Gasteiger charge is -2.33. The number of benzene rings is 1. The molecule has 1 aromatic rings. The van der Waals surface area contributed by atoms with Crippen molar-refractivity contribution in [3.63, 3.8) is 0 Å². The van der Waals surface area contributed by atoms with Crippen molar-refractivity contribution in [3.05, 3.63) is 29.8 Å². The van der Waals surface area contributed by atoms with Gasteiger partial charge in [0.25, 0.3) is 0 Å². The van der Waals surface area contributed by atoms with Crippen LogP contribution in [0.15, 0.2) is 24.3 Å². The third kappa shape index (κ3) is 2.71. The van der Waals surface area contributed by atoms with E-state index in [1.807, 2.05) is 11.0 Å². The topological polar surface area (TPSA) is 23.6 Å². The van der Waals surface area contributed by atoms with Crippen molar-refractivity contribution >= 4 is 11.6 Å². The summed E-state index contributed by atoms with van der Waals surface area (Å²) in [6.45, 7) is 4.37. The van der Waals surface area contributed by atoms with Gasteiger partial charge in [-0.25, -0.2) is 0 Å². The molecule has 112 valence electrons. The summed E-state index contributed by atoms with van der Waals surface area (Å²) >= 11 is 0. The summed E-state index contributed by atoms with van der Waals surface area (Å²) in [6, 6.07) is 8.37. The Labute approximate surface area is 126 Å². The second-order valence-corrected chi connectivity index (χ2v) is 6.89. The summed E-state index contributed by atoms with van der Waals surface area (Å²) in [5, 5.41) is 0. The molecule has 3 nitrogen and oxygen atoms in total. The third-order valence-electron chi connectivity index (χ3n) is 5.30. The minimum atomic E-state index is 0.242. The summed E-state index contributed by atoms with van der Waals surface area (Å²) in [7, 11) is 0. The fraction of sp³-hybridized carbons (Fsp3) is 0.611. The van der Waals surface area contributed by atoms with Gasteiger partial charge >= 0.3 is 0 Å². The number of hydrogen-bond donors (Lipinski definition) is 0. The van der Waals surface area contributed by atoms with E-state index in [4.69, 9.17) is 0 Å². The fourth-order valence-electron chi connectivity index (χ4n) is 3.82. The maximum absolute atomic E-state index is 12.8. The summed E-state index contributed by atoms with van der Waals surface area (Å²) in [6.07, 6.45) is 5.95. The Bertz CT molecular complexity index is 530. The predicted molar refractivity (Wildman–Crippen MR) is 84.4 cm³/mol. The fourth-order valence-corrected chi connectivity index (χ4v) is 3.82. The average Bonchev–Trinajstić information content (AvgIpc) is 3.23. The molecular weight excluding hydrogens is 260 g/mol. The van der Waals surface area contributed by atoms with E-state index in [2.05, 4.69) is 23.1 Å². The molecule has 0 aromatic heterocycles. The van der Waals surface area contributed by atoms with Gasteiger partial charge in [-0.05, 0) is 62.7 Å². The molecular formula is C18H24N2O. The standard InChI is InChI=1S/C18H24N2O/c21-18(20-12-9-15-3-1-2-4-17(15)20)16-7-10-19(11-8-16)13-14-5-6-14/h1-4,14,16H,5-13H2. The lowest BCUT2D eigenvalue weighted by molar-refractivity contribution is -0.123. The van der Waals surface area contributed by atoms with Crippen molar-refractivity contribution in [1.29, 1.82) is 0 Å². The van der Waals surface area contributed by atoms with Crippen LogP contribution in [0.3, 0.4) is 0 Å². The number of hydrogen-bond acceptors (Lipinski definition) is 2. The quantitative estimate of drug-likeness (QED) is 0.852. The van der Waals surface area contributed by atoms with Crippen LogP contribution in [-0.4, -0.2) is 37.0 Å². The van der Waals surface area contributed by atoms with Crippen LogP contribution in [0.1, 0.15) is 31.2 Å². The molecule has 0 atom stereocenters. The van der Waals surface area contributed by atoms with Crippen LogP contribution in [0.5, 0.6) is 0 Å². The van der Waals surface area contributed by atoms with E-state index in [9.17, 15) is 4.79 Å². The number of fused-ring (bicyclic) bond motifs is 1. The Hall–Kier alpha value is -1.35. The van der Waals surface area contributed by atoms with Crippen LogP contribution in [0.2, 0.25) is 0 Å². The van der Waals surface area contributed by atoms with Gasteiger partial charge < -0.3 is 9.80 Å². The van der Waals surface area contributed by atoms with Crippen molar-refractivity contribution in [2.75, 3.05) is 31.1 Å². The highest BCUT2D eigenvalue weighted by Crippen LogP contribution is 2.33. The molecule has 3 aliphatic rings. The van der Waals surface area contributed by atoms with Gasteiger partial charge in [0.2, 0.25) is 5.91 Å². The number of carbonyl (C=O) groups excluding carboxylic acids is 1. The van der Waals surface area contributed by atoms with Gasteiger partial charge in [0.05, 0.1) is 0 Å². The molecule has 0 spiro atoms. The lowest BCUT2D eigenvalue weighted by atomic mass is 9.95. The van der Waals surface area contributed by atoms with E-state index >= 15 is 0 Å². The van der Waals surface area contributed by atoms with Crippen molar-refractivity contribution in [1.82, 2.24) is 4.90 Å². The van der Waals surface area contributed by atoms with E-state index in [1.54, 1.807) is 0 Å². The van der Waals surface area contributed by atoms with E-state index in [0.29, 0.717) is 5.91 Å². The smallest absolute Gasteiger partial charge is 0.230 e. The molecule has 2 aliphatic heterocycles. The number of rotatable bonds is 3. The van der Waals surface area contributed by atoms with Crippen molar-refractivity contribution in [2.24, 2.45) is 11.8 Å².